The van der Waals surface area contributed by atoms with Crippen LogP contribution >= 0.6 is 0 Å². The molecule has 2 heterocycles. The fraction of sp³-hybridized carbons (Fsp3) is 0.538. The molecule has 0 radical (unpaired) electrons. The predicted molar refractivity (Wildman–Crippen MR) is 71.4 cm³/mol. The second-order valence-corrected chi connectivity index (χ2v) is 4.51. The molecular formula is C13H21N5. The summed E-state index contributed by atoms with van der Waals surface area (Å²) in [4.78, 5) is 0. The number of hydrogen-bond donors (Lipinski definition) is 1. The summed E-state index contributed by atoms with van der Waals surface area (Å²) in [6.07, 6.45) is 4.87. The lowest BCUT2D eigenvalue weighted by atomic mass is 10.1. The van der Waals surface area contributed by atoms with Crippen LogP contribution in [0.2, 0.25) is 0 Å². The van der Waals surface area contributed by atoms with Crippen molar-refractivity contribution in [2.45, 2.75) is 32.9 Å². The quantitative estimate of drug-likeness (QED) is 0.874. The van der Waals surface area contributed by atoms with Gasteiger partial charge >= 0.3 is 0 Å². The highest BCUT2D eigenvalue weighted by Crippen LogP contribution is 2.24. The van der Waals surface area contributed by atoms with Crippen molar-refractivity contribution in [2.75, 3.05) is 7.05 Å². The van der Waals surface area contributed by atoms with E-state index in [2.05, 4.69) is 40.1 Å². The van der Waals surface area contributed by atoms with Crippen molar-refractivity contribution in [3.63, 3.8) is 0 Å². The molecule has 0 aliphatic carbocycles. The van der Waals surface area contributed by atoms with Gasteiger partial charge in [0, 0.05) is 31.0 Å². The molecule has 0 aliphatic heterocycles. The molecule has 0 bridgehead atoms. The number of aromatic nitrogens is 4. The van der Waals surface area contributed by atoms with Crippen molar-refractivity contribution in [1.82, 2.24) is 24.9 Å². The average Bonchev–Trinajstić information content (AvgIpc) is 2.93. The smallest absolute Gasteiger partial charge is 0.0779 e. The Labute approximate surface area is 108 Å². The molecule has 2 aromatic rings. The van der Waals surface area contributed by atoms with Crippen LogP contribution in [0, 0.1) is 6.92 Å². The van der Waals surface area contributed by atoms with E-state index in [0.717, 1.165) is 13.0 Å². The van der Waals surface area contributed by atoms with Gasteiger partial charge in [0.15, 0.2) is 0 Å². The van der Waals surface area contributed by atoms with Gasteiger partial charge in [-0.15, -0.1) is 0 Å². The Morgan fingerprint density at radius 3 is 2.72 bits per heavy atom. The third-order valence-corrected chi connectivity index (χ3v) is 3.35. The van der Waals surface area contributed by atoms with E-state index in [9.17, 15) is 0 Å². The lowest BCUT2D eigenvalue weighted by molar-refractivity contribution is 0.533. The van der Waals surface area contributed by atoms with Crippen LogP contribution in [0.4, 0.5) is 0 Å². The number of aryl methyl sites for hydroxylation is 2. The van der Waals surface area contributed by atoms with Crippen LogP contribution in [-0.2, 0) is 13.6 Å². The summed E-state index contributed by atoms with van der Waals surface area (Å²) >= 11 is 0. The lowest BCUT2D eigenvalue weighted by Crippen LogP contribution is -2.22. The van der Waals surface area contributed by atoms with E-state index in [-0.39, 0.29) is 6.04 Å². The number of nitrogens with one attached hydrogen (secondary N) is 1. The van der Waals surface area contributed by atoms with Gasteiger partial charge in [-0.25, -0.2) is 0 Å². The van der Waals surface area contributed by atoms with Gasteiger partial charge in [-0.2, -0.15) is 10.2 Å². The lowest BCUT2D eigenvalue weighted by Gasteiger charge is -2.17. The molecule has 0 fully saturated rings. The minimum absolute atomic E-state index is 0.146. The Kier molecular flexibility index (Phi) is 3.81. The molecule has 0 saturated carbocycles. The molecule has 0 aromatic carbocycles. The zero-order valence-electron chi connectivity index (χ0n) is 11.5. The summed E-state index contributed by atoms with van der Waals surface area (Å²) in [6.45, 7) is 5.20. The zero-order chi connectivity index (χ0) is 13.1. The molecule has 1 atom stereocenters. The van der Waals surface area contributed by atoms with E-state index in [1.54, 1.807) is 0 Å². The summed E-state index contributed by atoms with van der Waals surface area (Å²) in [7, 11) is 3.94. The van der Waals surface area contributed by atoms with Crippen molar-refractivity contribution >= 4 is 0 Å². The topological polar surface area (TPSA) is 47.7 Å². The van der Waals surface area contributed by atoms with Gasteiger partial charge in [-0.3, -0.25) is 9.36 Å². The fourth-order valence-corrected chi connectivity index (χ4v) is 2.25. The first-order chi connectivity index (χ1) is 8.69. The molecule has 18 heavy (non-hydrogen) atoms. The largest absolute Gasteiger partial charge is 0.308 e. The van der Waals surface area contributed by atoms with E-state index in [1.165, 1.54) is 17.0 Å². The van der Waals surface area contributed by atoms with Crippen molar-refractivity contribution < 1.29 is 0 Å². The van der Waals surface area contributed by atoms with E-state index < -0.39 is 0 Å². The number of hydrogen-bond acceptors (Lipinski definition) is 3. The minimum Gasteiger partial charge on any atom is -0.308 e. The molecule has 2 rings (SSSR count). The molecule has 0 amide bonds. The van der Waals surface area contributed by atoms with E-state index in [0.29, 0.717) is 0 Å². The summed E-state index contributed by atoms with van der Waals surface area (Å²) in [6, 6.07) is 2.22. The third kappa shape index (κ3) is 2.18. The number of nitrogens with zero attached hydrogens (tertiary/aromatic N) is 4. The maximum atomic E-state index is 4.39. The average molecular weight is 247 g/mol. The fourth-order valence-electron chi connectivity index (χ4n) is 2.25. The summed E-state index contributed by atoms with van der Waals surface area (Å²) < 4.78 is 3.97. The van der Waals surface area contributed by atoms with Gasteiger partial charge in [-0.1, -0.05) is 6.92 Å². The van der Waals surface area contributed by atoms with Crippen molar-refractivity contribution in [3.05, 3.63) is 35.4 Å². The second kappa shape index (κ2) is 5.35. The minimum atomic E-state index is 0.146. The first-order valence-electron chi connectivity index (χ1n) is 6.36. The Morgan fingerprint density at radius 2 is 2.17 bits per heavy atom. The van der Waals surface area contributed by atoms with Crippen LogP contribution in [0.5, 0.6) is 0 Å². The monoisotopic (exact) mass is 247 g/mol. The first-order valence-corrected chi connectivity index (χ1v) is 6.36. The molecule has 5 nitrogen and oxygen atoms in total. The highest BCUT2D eigenvalue weighted by molar-refractivity contribution is 5.29. The van der Waals surface area contributed by atoms with Crippen LogP contribution in [0.15, 0.2) is 18.5 Å². The Bertz CT molecular complexity index is 511. The summed E-state index contributed by atoms with van der Waals surface area (Å²) in [5.74, 6) is 0. The SMILES string of the molecule is CCCn1nccc1C(NC)c1cnn(C)c1C. The molecular weight excluding hydrogens is 226 g/mol. The maximum absolute atomic E-state index is 4.39. The molecule has 0 spiro atoms. The molecule has 1 unspecified atom stereocenters. The van der Waals surface area contributed by atoms with Crippen LogP contribution in [0.1, 0.15) is 36.3 Å². The normalized spacial score (nSPS) is 12.9. The van der Waals surface area contributed by atoms with Gasteiger partial charge in [0.2, 0.25) is 0 Å². The highest BCUT2D eigenvalue weighted by atomic mass is 15.3. The van der Waals surface area contributed by atoms with Crippen molar-refractivity contribution in [1.29, 1.82) is 0 Å². The van der Waals surface area contributed by atoms with Crippen molar-refractivity contribution in [3.8, 4) is 0 Å². The molecule has 0 saturated heterocycles. The molecule has 2 aromatic heterocycles. The van der Waals surface area contributed by atoms with Gasteiger partial charge in [0.05, 0.1) is 17.9 Å². The summed E-state index contributed by atoms with van der Waals surface area (Å²) in [5, 5.41) is 12.1. The zero-order valence-corrected chi connectivity index (χ0v) is 11.5. The van der Waals surface area contributed by atoms with Gasteiger partial charge in [0.1, 0.15) is 0 Å². The van der Waals surface area contributed by atoms with Crippen LogP contribution in [0.25, 0.3) is 0 Å². The summed E-state index contributed by atoms with van der Waals surface area (Å²) in [5.41, 5.74) is 3.58. The van der Waals surface area contributed by atoms with Gasteiger partial charge in [0.25, 0.3) is 0 Å². The molecule has 98 valence electrons. The Balaban J connectivity index is 2.39. The first kappa shape index (κ1) is 12.8. The van der Waals surface area contributed by atoms with E-state index in [4.69, 9.17) is 0 Å². The number of rotatable bonds is 5. The van der Waals surface area contributed by atoms with Crippen LogP contribution in [0.3, 0.4) is 0 Å². The van der Waals surface area contributed by atoms with Crippen LogP contribution in [-0.4, -0.2) is 26.6 Å². The molecule has 1 N–H and O–H groups in total. The van der Waals surface area contributed by atoms with Crippen molar-refractivity contribution in [2.24, 2.45) is 7.05 Å². The third-order valence-electron chi connectivity index (χ3n) is 3.35. The second-order valence-electron chi connectivity index (χ2n) is 4.51. The molecule has 0 aliphatic rings. The van der Waals surface area contributed by atoms with E-state index >= 15 is 0 Å². The van der Waals surface area contributed by atoms with Gasteiger partial charge < -0.3 is 5.32 Å². The molecule has 5 heteroatoms. The predicted octanol–water partition coefficient (Wildman–Crippen LogP) is 1.64. The van der Waals surface area contributed by atoms with Gasteiger partial charge in [-0.05, 0) is 26.5 Å². The Morgan fingerprint density at radius 1 is 1.39 bits per heavy atom. The van der Waals surface area contributed by atoms with Crippen LogP contribution < -0.4 is 5.32 Å². The standard InChI is InChI=1S/C13H21N5/c1-5-8-18-12(6-7-15-18)13(14-3)11-9-16-17(4)10(11)2/h6-7,9,13-14H,5,8H2,1-4H3. The highest BCUT2D eigenvalue weighted by Gasteiger charge is 2.20. The maximum Gasteiger partial charge on any atom is 0.0779 e. The Hall–Kier alpha value is -1.62. The van der Waals surface area contributed by atoms with E-state index in [1.807, 2.05) is 31.2 Å².